The summed E-state index contributed by atoms with van der Waals surface area (Å²) in [6, 6.07) is 11.2. The number of hydrogen-bond acceptors (Lipinski definition) is 3. The SMILES string of the molecule is Nc1ccccc1C(=O)Nc1ccc(Cl)cc1O. The van der Waals surface area contributed by atoms with E-state index >= 15 is 0 Å². The van der Waals surface area contributed by atoms with E-state index in [9.17, 15) is 9.90 Å². The van der Waals surface area contributed by atoms with Crippen LogP contribution in [-0.2, 0) is 0 Å². The molecule has 0 bridgehead atoms. The minimum Gasteiger partial charge on any atom is -0.506 e. The van der Waals surface area contributed by atoms with E-state index in [0.29, 0.717) is 16.3 Å². The van der Waals surface area contributed by atoms with E-state index in [-0.39, 0.29) is 17.3 Å². The number of amides is 1. The van der Waals surface area contributed by atoms with E-state index in [4.69, 9.17) is 17.3 Å². The van der Waals surface area contributed by atoms with Crippen molar-refractivity contribution in [2.45, 2.75) is 0 Å². The molecular formula is C13H11ClN2O2. The second kappa shape index (κ2) is 4.98. The van der Waals surface area contributed by atoms with Gasteiger partial charge < -0.3 is 16.2 Å². The van der Waals surface area contributed by atoms with E-state index in [1.165, 1.54) is 12.1 Å². The summed E-state index contributed by atoms with van der Waals surface area (Å²) < 4.78 is 0. The third kappa shape index (κ3) is 2.55. The zero-order chi connectivity index (χ0) is 13.1. The fraction of sp³-hybridized carbons (Fsp3) is 0. The van der Waals surface area contributed by atoms with Gasteiger partial charge in [0, 0.05) is 16.8 Å². The first kappa shape index (κ1) is 12.3. The molecule has 0 unspecified atom stereocenters. The van der Waals surface area contributed by atoms with E-state index < -0.39 is 0 Å². The minimum absolute atomic E-state index is 0.0923. The van der Waals surface area contributed by atoms with Crippen molar-refractivity contribution < 1.29 is 9.90 Å². The number of benzene rings is 2. The predicted octanol–water partition coefficient (Wildman–Crippen LogP) is 2.88. The van der Waals surface area contributed by atoms with Crippen molar-refractivity contribution in [2.24, 2.45) is 0 Å². The summed E-state index contributed by atoms with van der Waals surface area (Å²) in [6.45, 7) is 0. The molecule has 0 saturated heterocycles. The van der Waals surface area contributed by atoms with Crippen molar-refractivity contribution in [3.63, 3.8) is 0 Å². The lowest BCUT2D eigenvalue weighted by Crippen LogP contribution is -2.13. The Morgan fingerprint density at radius 3 is 2.61 bits per heavy atom. The number of carbonyl (C=O) groups excluding carboxylic acids is 1. The number of halogens is 1. The molecule has 2 aromatic rings. The summed E-state index contributed by atoms with van der Waals surface area (Å²) in [5, 5.41) is 12.6. The van der Waals surface area contributed by atoms with Gasteiger partial charge in [-0.1, -0.05) is 23.7 Å². The first-order valence-electron chi connectivity index (χ1n) is 5.22. The maximum absolute atomic E-state index is 11.9. The second-order valence-corrected chi connectivity index (χ2v) is 4.14. The molecule has 5 heteroatoms. The number of para-hydroxylation sites is 1. The van der Waals surface area contributed by atoms with Crippen LogP contribution in [0.3, 0.4) is 0 Å². The number of phenolic OH excluding ortho intramolecular Hbond substituents is 1. The number of hydrogen-bond donors (Lipinski definition) is 3. The molecule has 4 nitrogen and oxygen atoms in total. The van der Waals surface area contributed by atoms with Crippen LogP contribution in [0.1, 0.15) is 10.4 Å². The summed E-state index contributed by atoms with van der Waals surface area (Å²) in [5.74, 6) is -0.476. The Morgan fingerprint density at radius 1 is 1.22 bits per heavy atom. The quantitative estimate of drug-likeness (QED) is 0.575. The van der Waals surface area contributed by atoms with Gasteiger partial charge in [-0.3, -0.25) is 4.79 Å². The molecule has 0 spiro atoms. The zero-order valence-corrected chi connectivity index (χ0v) is 10.1. The van der Waals surface area contributed by atoms with Crippen LogP contribution in [0.4, 0.5) is 11.4 Å². The number of nitrogens with one attached hydrogen (secondary N) is 1. The molecule has 0 aliphatic heterocycles. The molecule has 18 heavy (non-hydrogen) atoms. The van der Waals surface area contributed by atoms with Gasteiger partial charge in [-0.2, -0.15) is 0 Å². The maximum atomic E-state index is 11.9. The summed E-state index contributed by atoms with van der Waals surface area (Å²) in [7, 11) is 0. The lowest BCUT2D eigenvalue weighted by atomic mass is 10.1. The van der Waals surface area contributed by atoms with Crippen molar-refractivity contribution >= 4 is 28.9 Å². The Kier molecular flexibility index (Phi) is 3.39. The zero-order valence-electron chi connectivity index (χ0n) is 9.35. The van der Waals surface area contributed by atoms with E-state index in [1.54, 1.807) is 30.3 Å². The summed E-state index contributed by atoms with van der Waals surface area (Å²) in [4.78, 5) is 11.9. The molecule has 1 amide bonds. The van der Waals surface area contributed by atoms with Gasteiger partial charge in [-0.25, -0.2) is 0 Å². The number of carbonyl (C=O) groups is 1. The van der Waals surface area contributed by atoms with Crippen LogP contribution in [-0.4, -0.2) is 11.0 Å². The molecule has 0 saturated carbocycles. The molecule has 2 aromatic carbocycles. The van der Waals surface area contributed by atoms with Crippen LogP contribution in [0.2, 0.25) is 5.02 Å². The summed E-state index contributed by atoms with van der Waals surface area (Å²) in [5.41, 5.74) is 6.71. The molecule has 4 N–H and O–H groups in total. The monoisotopic (exact) mass is 262 g/mol. The van der Waals surface area contributed by atoms with Gasteiger partial charge in [-0.15, -0.1) is 0 Å². The molecule has 2 rings (SSSR count). The van der Waals surface area contributed by atoms with Gasteiger partial charge in [0.05, 0.1) is 11.3 Å². The Bertz CT molecular complexity index is 599. The fourth-order valence-electron chi connectivity index (χ4n) is 1.50. The number of phenols is 1. The highest BCUT2D eigenvalue weighted by Gasteiger charge is 2.11. The van der Waals surface area contributed by atoms with Gasteiger partial charge in [0.1, 0.15) is 5.75 Å². The Balaban J connectivity index is 2.24. The number of rotatable bonds is 2. The normalized spacial score (nSPS) is 10.1. The lowest BCUT2D eigenvalue weighted by molar-refractivity contribution is 0.102. The molecule has 0 heterocycles. The highest BCUT2D eigenvalue weighted by atomic mass is 35.5. The van der Waals surface area contributed by atoms with Gasteiger partial charge in [-0.05, 0) is 24.3 Å². The van der Waals surface area contributed by atoms with Crippen molar-refractivity contribution in [3.8, 4) is 5.75 Å². The highest BCUT2D eigenvalue weighted by Crippen LogP contribution is 2.27. The molecule has 92 valence electrons. The predicted molar refractivity (Wildman–Crippen MR) is 71.9 cm³/mol. The van der Waals surface area contributed by atoms with Gasteiger partial charge >= 0.3 is 0 Å². The molecule has 0 radical (unpaired) electrons. The smallest absolute Gasteiger partial charge is 0.257 e. The number of aromatic hydroxyl groups is 1. The average Bonchev–Trinajstić information content (AvgIpc) is 2.33. The molecule has 0 atom stereocenters. The topological polar surface area (TPSA) is 75.4 Å². The maximum Gasteiger partial charge on any atom is 0.257 e. The largest absolute Gasteiger partial charge is 0.506 e. The van der Waals surface area contributed by atoms with Crippen LogP contribution in [0.25, 0.3) is 0 Å². The lowest BCUT2D eigenvalue weighted by Gasteiger charge is -2.09. The third-order valence-corrected chi connectivity index (χ3v) is 2.65. The Labute approximate surface area is 109 Å². The van der Waals surface area contributed by atoms with Crippen LogP contribution in [0.15, 0.2) is 42.5 Å². The fourth-order valence-corrected chi connectivity index (χ4v) is 1.67. The molecule has 0 aliphatic rings. The number of anilines is 2. The Hall–Kier alpha value is -2.20. The number of nitrogens with two attached hydrogens (primary N) is 1. The summed E-state index contributed by atoms with van der Waals surface area (Å²) >= 11 is 5.70. The molecule has 0 aliphatic carbocycles. The van der Waals surface area contributed by atoms with E-state index in [2.05, 4.69) is 5.32 Å². The second-order valence-electron chi connectivity index (χ2n) is 3.70. The highest BCUT2D eigenvalue weighted by molar-refractivity contribution is 6.30. The Morgan fingerprint density at radius 2 is 1.94 bits per heavy atom. The van der Waals surface area contributed by atoms with Crippen LogP contribution in [0.5, 0.6) is 5.75 Å². The van der Waals surface area contributed by atoms with E-state index in [1.807, 2.05) is 0 Å². The van der Waals surface area contributed by atoms with Crippen molar-refractivity contribution in [1.29, 1.82) is 0 Å². The molecular weight excluding hydrogens is 252 g/mol. The number of nitrogen functional groups attached to an aromatic ring is 1. The van der Waals surface area contributed by atoms with E-state index in [0.717, 1.165) is 0 Å². The van der Waals surface area contributed by atoms with Crippen LogP contribution in [0, 0.1) is 0 Å². The average molecular weight is 263 g/mol. The standard InChI is InChI=1S/C13H11ClN2O2/c14-8-5-6-11(12(17)7-8)16-13(18)9-3-1-2-4-10(9)15/h1-7,17H,15H2,(H,16,18). The van der Waals surface area contributed by atoms with Crippen LogP contribution < -0.4 is 11.1 Å². The first-order chi connectivity index (χ1) is 8.58. The third-order valence-electron chi connectivity index (χ3n) is 2.41. The first-order valence-corrected chi connectivity index (χ1v) is 5.60. The van der Waals surface area contributed by atoms with Crippen molar-refractivity contribution in [3.05, 3.63) is 53.1 Å². The molecule has 0 fully saturated rings. The van der Waals surface area contributed by atoms with Crippen LogP contribution >= 0.6 is 11.6 Å². The van der Waals surface area contributed by atoms with Gasteiger partial charge in [0.2, 0.25) is 0 Å². The van der Waals surface area contributed by atoms with Crippen molar-refractivity contribution in [2.75, 3.05) is 11.1 Å². The summed E-state index contributed by atoms with van der Waals surface area (Å²) in [6.07, 6.45) is 0. The minimum atomic E-state index is -0.384. The van der Waals surface area contributed by atoms with Gasteiger partial charge in [0.25, 0.3) is 5.91 Å². The van der Waals surface area contributed by atoms with Crippen molar-refractivity contribution in [1.82, 2.24) is 0 Å². The molecule has 0 aromatic heterocycles. The van der Waals surface area contributed by atoms with Gasteiger partial charge in [0.15, 0.2) is 0 Å².